The molecule has 0 aliphatic carbocycles. The molecule has 0 fully saturated rings. The summed E-state index contributed by atoms with van der Waals surface area (Å²) in [5.41, 5.74) is 3.25. The largest absolute Gasteiger partial charge is 0.292 e. The Bertz CT molecular complexity index is 1510. The van der Waals surface area contributed by atoms with Crippen LogP contribution < -0.4 is 5.56 Å². The van der Waals surface area contributed by atoms with E-state index < -0.39 is 0 Å². The molecule has 5 rings (SSSR count). The standard InChI is InChI=1S/C22H17N7O/c1-3-12-28-14(2)25-20-18(22(28)30)19-21(27-17-10-5-4-9-16(17)26-19)29(20)24-13-15-8-6-7-11-23-15/h3-11,13H,1,12H2,2H3. The average Bonchev–Trinajstić information content (AvgIpc) is 3.06. The van der Waals surface area contributed by atoms with Gasteiger partial charge >= 0.3 is 0 Å². The second kappa shape index (κ2) is 7.00. The lowest BCUT2D eigenvalue weighted by molar-refractivity contribution is 0.724. The number of nitrogens with zero attached hydrogens (tertiary/aromatic N) is 7. The van der Waals surface area contributed by atoms with Gasteiger partial charge in [0.15, 0.2) is 11.3 Å². The van der Waals surface area contributed by atoms with Crippen LogP contribution in [0.4, 0.5) is 0 Å². The van der Waals surface area contributed by atoms with Crippen molar-refractivity contribution in [2.45, 2.75) is 13.5 Å². The van der Waals surface area contributed by atoms with Crippen molar-refractivity contribution >= 4 is 39.4 Å². The van der Waals surface area contributed by atoms with E-state index >= 15 is 0 Å². The third kappa shape index (κ3) is 2.77. The normalized spacial score (nSPS) is 11.8. The van der Waals surface area contributed by atoms with Crippen LogP contribution in [0.15, 0.2) is 71.2 Å². The van der Waals surface area contributed by atoms with E-state index in [-0.39, 0.29) is 5.56 Å². The van der Waals surface area contributed by atoms with Gasteiger partial charge in [0.1, 0.15) is 16.7 Å². The molecule has 0 saturated heterocycles. The molecule has 4 aromatic heterocycles. The van der Waals surface area contributed by atoms with Crippen molar-refractivity contribution in [1.82, 2.24) is 29.2 Å². The fourth-order valence-corrected chi connectivity index (χ4v) is 3.44. The van der Waals surface area contributed by atoms with Crippen molar-refractivity contribution in [3.8, 4) is 0 Å². The molecule has 0 radical (unpaired) electrons. The lowest BCUT2D eigenvalue weighted by Gasteiger charge is -2.06. The smallest absolute Gasteiger partial charge is 0.265 e. The van der Waals surface area contributed by atoms with Crippen molar-refractivity contribution < 1.29 is 0 Å². The number of pyridine rings is 1. The van der Waals surface area contributed by atoms with Gasteiger partial charge in [-0.15, -0.1) is 6.58 Å². The van der Waals surface area contributed by atoms with E-state index in [2.05, 4.69) is 21.6 Å². The molecule has 146 valence electrons. The van der Waals surface area contributed by atoms with Gasteiger partial charge in [0.25, 0.3) is 5.56 Å². The van der Waals surface area contributed by atoms with Gasteiger partial charge in [-0.25, -0.2) is 15.0 Å². The highest BCUT2D eigenvalue weighted by Crippen LogP contribution is 2.25. The first kappa shape index (κ1) is 17.9. The van der Waals surface area contributed by atoms with Crippen molar-refractivity contribution in [2.75, 3.05) is 0 Å². The minimum Gasteiger partial charge on any atom is -0.292 e. The molecule has 8 nitrogen and oxygen atoms in total. The molecule has 4 heterocycles. The summed E-state index contributed by atoms with van der Waals surface area (Å²) < 4.78 is 3.13. The van der Waals surface area contributed by atoms with Gasteiger partial charge in [0, 0.05) is 12.7 Å². The van der Waals surface area contributed by atoms with Crippen LogP contribution in [0.5, 0.6) is 0 Å². The van der Waals surface area contributed by atoms with E-state index in [1.165, 1.54) is 0 Å². The zero-order chi connectivity index (χ0) is 20.7. The number of allylic oxidation sites excluding steroid dienone is 1. The van der Waals surface area contributed by atoms with E-state index in [1.807, 2.05) is 42.5 Å². The molecule has 5 aromatic rings. The maximum Gasteiger partial charge on any atom is 0.265 e. The molecule has 8 heteroatoms. The SMILES string of the molecule is C=CCn1c(C)nc2c(c1=O)c1nc3ccccc3nc1n2N=Cc1ccccn1. The number of hydrogen-bond acceptors (Lipinski definition) is 6. The second-order valence-electron chi connectivity index (χ2n) is 6.76. The Morgan fingerprint density at radius 2 is 1.80 bits per heavy atom. The predicted molar refractivity (Wildman–Crippen MR) is 117 cm³/mol. The molecule has 0 atom stereocenters. The van der Waals surface area contributed by atoms with Gasteiger partial charge in [-0.2, -0.15) is 9.78 Å². The predicted octanol–water partition coefficient (Wildman–Crippen LogP) is 3.07. The lowest BCUT2D eigenvalue weighted by atomic mass is 10.3. The van der Waals surface area contributed by atoms with Crippen LogP contribution in [0.25, 0.3) is 33.2 Å². The summed E-state index contributed by atoms with van der Waals surface area (Å²) in [6, 6.07) is 13.1. The van der Waals surface area contributed by atoms with Crippen LogP contribution in [-0.2, 0) is 6.54 Å². The molecule has 0 spiro atoms. The first-order valence-corrected chi connectivity index (χ1v) is 9.42. The van der Waals surface area contributed by atoms with Gasteiger partial charge in [-0.1, -0.05) is 24.3 Å². The Morgan fingerprint density at radius 3 is 2.53 bits per heavy atom. The van der Waals surface area contributed by atoms with E-state index in [0.29, 0.717) is 51.3 Å². The van der Waals surface area contributed by atoms with Crippen LogP contribution in [-0.4, -0.2) is 35.4 Å². The van der Waals surface area contributed by atoms with Gasteiger partial charge < -0.3 is 0 Å². The van der Waals surface area contributed by atoms with E-state index in [9.17, 15) is 4.79 Å². The molecular weight excluding hydrogens is 378 g/mol. The Kier molecular flexibility index (Phi) is 4.17. The van der Waals surface area contributed by atoms with E-state index in [4.69, 9.17) is 9.97 Å². The topological polar surface area (TPSA) is 90.8 Å². The summed E-state index contributed by atoms with van der Waals surface area (Å²) in [6.07, 6.45) is 4.97. The number of para-hydroxylation sites is 2. The number of fused-ring (bicyclic) bond motifs is 4. The maximum absolute atomic E-state index is 13.3. The Morgan fingerprint density at radius 1 is 1.03 bits per heavy atom. The highest BCUT2D eigenvalue weighted by atomic mass is 16.1. The first-order chi connectivity index (χ1) is 14.7. The molecule has 0 amide bonds. The van der Waals surface area contributed by atoms with Crippen LogP contribution in [0.3, 0.4) is 0 Å². The minimum absolute atomic E-state index is 0.196. The maximum atomic E-state index is 13.3. The van der Waals surface area contributed by atoms with Crippen molar-refractivity contribution in [2.24, 2.45) is 5.10 Å². The molecule has 0 aliphatic rings. The monoisotopic (exact) mass is 395 g/mol. The summed E-state index contributed by atoms with van der Waals surface area (Å²) >= 11 is 0. The first-order valence-electron chi connectivity index (χ1n) is 9.42. The van der Waals surface area contributed by atoms with Crippen LogP contribution in [0.1, 0.15) is 11.5 Å². The lowest BCUT2D eigenvalue weighted by Crippen LogP contribution is -2.23. The van der Waals surface area contributed by atoms with Gasteiger partial charge in [-0.05, 0) is 31.2 Å². The molecule has 30 heavy (non-hydrogen) atoms. The number of hydrogen-bond donors (Lipinski definition) is 0. The zero-order valence-corrected chi connectivity index (χ0v) is 16.2. The van der Waals surface area contributed by atoms with Crippen molar-refractivity contribution in [3.05, 3.63) is 83.2 Å². The Labute approximate surface area is 170 Å². The third-order valence-electron chi connectivity index (χ3n) is 4.84. The molecular formula is C22H17N7O. The number of rotatable bonds is 4. The minimum atomic E-state index is -0.196. The van der Waals surface area contributed by atoms with Crippen molar-refractivity contribution in [3.63, 3.8) is 0 Å². The van der Waals surface area contributed by atoms with Crippen molar-refractivity contribution in [1.29, 1.82) is 0 Å². The van der Waals surface area contributed by atoms with Gasteiger partial charge in [-0.3, -0.25) is 14.3 Å². The van der Waals surface area contributed by atoms with Gasteiger partial charge in [0.05, 0.1) is 22.9 Å². The second-order valence-corrected chi connectivity index (χ2v) is 6.76. The van der Waals surface area contributed by atoms with Crippen LogP contribution in [0.2, 0.25) is 0 Å². The molecule has 0 aliphatic heterocycles. The summed E-state index contributed by atoms with van der Waals surface area (Å²) in [4.78, 5) is 31.7. The molecule has 0 saturated carbocycles. The number of aromatic nitrogens is 6. The summed E-state index contributed by atoms with van der Waals surface area (Å²) in [7, 11) is 0. The van der Waals surface area contributed by atoms with E-state index in [0.717, 1.165) is 0 Å². The fraction of sp³-hybridized carbons (Fsp3) is 0.0909. The van der Waals surface area contributed by atoms with Crippen LogP contribution >= 0.6 is 0 Å². The summed E-state index contributed by atoms with van der Waals surface area (Å²) in [6.45, 7) is 5.88. The fourth-order valence-electron chi connectivity index (χ4n) is 3.44. The Hall–Kier alpha value is -4.20. The van der Waals surface area contributed by atoms with Gasteiger partial charge in [0.2, 0.25) is 0 Å². The Balaban J connectivity index is 1.90. The number of benzene rings is 1. The van der Waals surface area contributed by atoms with Crippen LogP contribution in [0, 0.1) is 6.92 Å². The highest BCUT2D eigenvalue weighted by molar-refractivity contribution is 6.04. The quantitative estimate of drug-likeness (QED) is 0.345. The molecule has 0 bridgehead atoms. The molecule has 0 unspecified atom stereocenters. The third-order valence-corrected chi connectivity index (χ3v) is 4.84. The highest BCUT2D eigenvalue weighted by Gasteiger charge is 2.20. The number of aryl methyl sites for hydroxylation is 1. The zero-order valence-electron chi connectivity index (χ0n) is 16.2. The average molecular weight is 395 g/mol. The summed E-state index contributed by atoms with van der Waals surface area (Å²) in [5, 5.41) is 4.94. The molecule has 1 aromatic carbocycles. The summed E-state index contributed by atoms with van der Waals surface area (Å²) in [5.74, 6) is 0.564. The molecule has 0 N–H and O–H groups in total. The van der Waals surface area contributed by atoms with E-state index in [1.54, 1.807) is 34.7 Å².